The Hall–Kier alpha value is -2.54. The number of anilines is 3. The summed E-state index contributed by atoms with van der Waals surface area (Å²) in [6.45, 7) is 0.686. The SMILES string of the molecule is NNc1cc(NCCc2ccc(O)cc2)nc(N)n1. The first-order chi connectivity index (χ1) is 9.17. The highest BCUT2D eigenvalue weighted by molar-refractivity contribution is 5.50. The summed E-state index contributed by atoms with van der Waals surface area (Å²) in [7, 11) is 0. The van der Waals surface area contributed by atoms with Crippen molar-refractivity contribution in [3.05, 3.63) is 35.9 Å². The van der Waals surface area contributed by atoms with Crippen LogP contribution < -0.4 is 22.3 Å². The van der Waals surface area contributed by atoms with Crippen LogP contribution in [0, 0.1) is 0 Å². The van der Waals surface area contributed by atoms with E-state index in [2.05, 4.69) is 20.7 Å². The largest absolute Gasteiger partial charge is 0.508 e. The van der Waals surface area contributed by atoms with E-state index in [1.807, 2.05) is 12.1 Å². The maximum absolute atomic E-state index is 9.18. The van der Waals surface area contributed by atoms with Gasteiger partial charge in [0.05, 0.1) is 0 Å². The van der Waals surface area contributed by atoms with Crippen LogP contribution in [0.25, 0.3) is 0 Å². The topological polar surface area (TPSA) is 122 Å². The summed E-state index contributed by atoms with van der Waals surface area (Å²) < 4.78 is 0. The fourth-order valence-corrected chi connectivity index (χ4v) is 1.63. The number of aromatic hydroxyl groups is 1. The average Bonchev–Trinajstić information content (AvgIpc) is 2.40. The predicted octanol–water partition coefficient (Wildman–Crippen LogP) is 0.705. The van der Waals surface area contributed by atoms with Gasteiger partial charge >= 0.3 is 0 Å². The third-order valence-electron chi connectivity index (χ3n) is 2.55. The molecule has 100 valence electrons. The number of rotatable bonds is 5. The van der Waals surface area contributed by atoms with E-state index >= 15 is 0 Å². The van der Waals surface area contributed by atoms with Crippen molar-refractivity contribution in [1.82, 2.24) is 9.97 Å². The van der Waals surface area contributed by atoms with Gasteiger partial charge in [-0.1, -0.05) is 12.1 Å². The van der Waals surface area contributed by atoms with Gasteiger partial charge < -0.3 is 21.6 Å². The molecule has 0 spiro atoms. The standard InChI is InChI=1S/C12H16N6O/c13-12-16-10(7-11(17-12)18-14)15-6-5-8-1-3-9(19)4-2-8/h1-4,7,19H,5-6,14H2,(H4,13,15,16,17,18). The van der Waals surface area contributed by atoms with Gasteiger partial charge in [-0.05, 0) is 24.1 Å². The maximum atomic E-state index is 9.18. The molecule has 0 radical (unpaired) electrons. The quantitative estimate of drug-likeness (QED) is 0.396. The molecule has 0 bridgehead atoms. The number of hydrogen-bond donors (Lipinski definition) is 5. The zero-order chi connectivity index (χ0) is 13.7. The average molecular weight is 260 g/mol. The van der Waals surface area contributed by atoms with Crippen molar-refractivity contribution in [3.8, 4) is 5.75 Å². The Balaban J connectivity index is 1.92. The van der Waals surface area contributed by atoms with Crippen LogP contribution in [0.4, 0.5) is 17.6 Å². The number of hydrogen-bond acceptors (Lipinski definition) is 7. The third-order valence-corrected chi connectivity index (χ3v) is 2.55. The summed E-state index contributed by atoms with van der Waals surface area (Å²) in [4.78, 5) is 7.94. The first-order valence-corrected chi connectivity index (χ1v) is 5.80. The van der Waals surface area contributed by atoms with E-state index in [4.69, 9.17) is 11.6 Å². The number of benzene rings is 1. The van der Waals surface area contributed by atoms with Crippen molar-refractivity contribution >= 4 is 17.6 Å². The van der Waals surface area contributed by atoms with Crippen molar-refractivity contribution in [2.75, 3.05) is 23.0 Å². The lowest BCUT2D eigenvalue weighted by atomic mass is 10.1. The summed E-state index contributed by atoms with van der Waals surface area (Å²) in [5.74, 6) is 6.76. The van der Waals surface area contributed by atoms with E-state index < -0.39 is 0 Å². The smallest absolute Gasteiger partial charge is 0.223 e. The van der Waals surface area contributed by atoms with E-state index in [1.165, 1.54) is 0 Å². The van der Waals surface area contributed by atoms with Gasteiger partial charge in [0.1, 0.15) is 17.4 Å². The molecule has 0 amide bonds. The van der Waals surface area contributed by atoms with Crippen molar-refractivity contribution in [3.63, 3.8) is 0 Å². The molecular formula is C12H16N6O. The molecule has 0 saturated heterocycles. The van der Waals surface area contributed by atoms with Gasteiger partial charge in [-0.15, -0.1) is 0 Å². The third kappa shape index (κ3) is 3.71. The molecule has 0 fully saturated rings. The Morgan fingerprint density at radius 1 is 1.11 bits per heavy atom. The highest BCUT2D eigenvalue weighted by atomic mass is 16.3. The fraction of sp³-hybridized carbons (Fsp3) is 0.167. The van der Waals surface area contributed by atoms with Crippen molar-refractivity contribution in [2.24, 2.45) is 5.84 Å². The van der Waals surface area contributed by atoms with Crippen LogP contribution in [0.5, 0.6) is 5.75 Å². The lowest BCUT2D eigenvalue weighted by Crippen LogP contribution is -2.13. The molecule has 2 aromatic rings. The molecule has 0 aliphatic heterocycles. The fourth-order valence-electron chi connectivity index (χ4n) is 1.63. The van der Waals surface area contributed by atoms with Crippen LogP contribution in [0.3, 0.4) is 0 Å². The second kappa shape index (κ2) is 5.87. The lowest BCUT2D eigenvalue weighted by Gasteiger charge is -2.08. The van der Waals surface area contributed by atoms with Gasteiger partial charge in [0.2, 0.25) is 5.95 Å². The Morgan fingerprint density at radius 2 is 1.79 bits per heavy atom. The summed E-state index contributed by atoms with van der Waals surface area (Å²) >= 11 is 0. The number of phenols is 1. The molecule has 19 heavy (non-hydrogen) atoms. The van der Waals surface area contributed by atoms with E-state index in [-0.39, 0.29) is 11.7 Å². The van der Waals surface area contributed by atoms with Crippen molar-refractivity contribution < 1.29 is 5.11 Å². The molecule has 0 saturated carbocycles. The highest BCUT2D eigenvalue weighted by Gasteiger charge is 2.01. The van der Waals surface area contributed by atoms with E-state index in [1.54, 1.807) is 18.2 Å². The Kier molecular flexibility index (Phi) is 3.99. The Bertz CT molecular complexity index is 542. The second-order valence-corrected chi connectivity index (χ2v) is 3.98. The molecule has 1 heterocycles. The molecule has 1 aromatic heterocycles. The van der Waals surface area contributed by atoms with E-state index in [0.29, 0.717) is 18.2 Å². The summed E-state index contributed by atoms with van der Waals surface area (Å²) in [6.07, 6.45) is 0.801. The predicted molar refractivity (Wildman–Crippen MR) is 74.6 cm³/mol. The van der Waals surface area contributed by atoms with Crippen LogP contribution in [-0.2, 0) is 6.42 Å². The van der Waals surface area contributed by atoms with Crippen LogP contribution in [0.15, 0.2) is 30.3 Å². The molecule has 2 rings (SSSR count). The van der Waals surface area contributed by atoms with Crippen molar-refractivity contribution in [2.45, 2.75) is 6.42 Å². The number of phenolic OH excluding ortho intramolecular Hbond substituents is 1. The molecule has 0 aliphatic rings. The summed E-state index contributed by atoms with van der Waals surface area (Å²) in [5, 5.41) is 12.3. The summed E-state index contributed by atoms with van der Waals surface area (Å²) in [5.41, 5.74) is 9.09. The second-order valence-electron chi connectivity index (χ2n) is 3.98. The van der Waals surface area contributed by atoms with Crippen LogP contribution in [0.2, 0.25) is 0 Å². The van der Waals surface area contributed by atoms with Gasteiger partial charge in [0.25, 0.3) is 0 Å². The van der Waals surface area contributed by atoms with Crippen LogP contribution in [0.1, 0.15) is 5.56 Å². The monoisotopic (exact) mass is 260 g/mol. The molecule has 7 heteroatoms. The van der Waals surface area contributed by atoms with Gasteiger partial charge in [0, 0.05) is 12.6 Å². The van der Waals surface area contributed by atoms with Gasteiger partial charge in [-0.2, -0.15) is 9.97 Å². The Morgan fingerprint density at radius 3 is 2.47 bits per heavy atom. The molecule has 7 nitrogen and oxygen atoms in total. The lowest BCUT2D eigenvalue weighted by molar-refractivity contribution is 0.475. The van der Waals surface area contributed by atoms with Gasteiger partial charge in [-0.25, -0.2) is 5.84 Å². The molecule has 0 atom stereocenters. The van der Waals surface area contributed by atoms with Gasteiger partial charge in [-0.3, -0.25) is 0 Å². The zero-order valence-electron chi connectivity index (χ0n) is 10.3. The molecule has 7 N–H and O–H groups in total. The van der Waals surface area contributed by atoms with Crippen LogP contribution >= 0.6 is 0 Å². The zero-order valence-corrected chi connectivity index (χ0v) is 10.3. The molecular weight excluding hydrogens is 244 g/mol. The first kappa shape index (κ1) is 12.9. The number of nitrogens with two attached hydrogens (primary N) is 2. The van der Waals surface area contributed by atoms with Crippen LogP contribution in [-0.4, -0.2) is 21.6 Å². The number of hydrazine groups is 1. The van der Waals surface area contributed by atoms with E-state index in [9.17, 15) is 5.11 Å². The van der Waals surface area contributed by atoms with E-state index in [0.717, 1.165) is 12.0 Å². The van der Waals surface area contributed by atoms with Crippen molar-refractivity contribution in [1.29, 1.82) is 0 Å². The number of nitrogens with one attached hydrogen (secondary N) is 2. The molecule has 1 aromatic carbocycles. The number of nitrogens with zero attached hydrogens (tertiary/aromatic N) is 2. The molecule has 0 aliphatic carbocycles. The minimum absolute atomic E-state index is 0.155. The summed E-state index contributed by atoms with van der Waals surface area (Å²) in [6, 6.07) is 8.74. The number of aromatic nitrogens is 2. The number of nitrogen functional groups attached to an aromatic ring is 2. The maximum Gasteiger partial charge on any atom is 0.223 e. The first-order valence-electron chi connectivity index (χ1n) is 5.80. The Labute approximate surface area is 110 Å². The minimum atomic E-state index is 0.155. The minimum Gasteiger partial charge on any atom is -0.508 e. The normalized spacial score (nSPS) is 10.2. The highest BCUT2D eigenvalue weighted by Crippen LogP contribution is 2.12. The molecule has 0 unspecified atom stereocenters. The van der Waals surface area contributed by atoms with Gasteiger partial charge in [0.15, 0.2) is 0 Å².